The van der Waals surface area contributed by atoms with Gasteiger partial charge in [-0.1, -0.05) is 12.1 Å². The zero-order chi connectivity index (χ0) is 11.0. The molecule has 0 radical (unpaired) electrons. The van der Waals surface area contributed by atoms with Gasteiger partial charge in [0, 0.05) is 29.1 Å². The second kappa shape index (κ2) is 3.59. The Kier molecular flexibility index (Phi) is 2.10. The van der Waals surface area contributed by atoms with E-state index in [0.717, 1.165) is 22.3 Å². The maximum Gasteiger partial charge on any atom is 0.103 e. The largest absolute Gasteiger partial charge is 0.387 e. The van der Waals surface area contributed by atoms with Crippen LogP contribution in [-0.4, -0.2) is 10.8 Å². The predicted molar refractivity (Wildman–Crippen MR) is 65.7 cm³/mol. The van der Waals surface area contributed by atoms with E-state index in [-0.39, 0.29) is 0 Å². The van der Waals surface area contributed by atoms with Gasteiger partial charge in [0.25, 0.3) is 0 Å². The number of amidine groups is 1. The Morgan fingerprint density at radius 2 is 2.19 bits per heavy atom. The summed E-state index contributed by atoms with van der Waals surface area (Å²) < 4.78 is 0. The highest BCUT2D eigenvalue weighted by Gasteiger charge is 2.25. The topological polar surface area (TPSA) is 51.3 Å². The van der Waals surface area contributed by atoms with E-state index >= 15 is 0 Å². The van der Waals surface area contributed by atoms with E-state index in [9.17, 15) is 0 Å². The minimum Gasteiger partial charge on any atom is -0.387 e. The molecule has 0 spiro atoms. The molecule has 3 heteroatoms. The fraction of sp³-hybridized carbons (Fsp3) is 0.231. The lowest BCUT2D eigenvalue weighted by atomic mass is 10.1. The van der Waals surface area contributed by atoms with E-state index in [4.69, 9.17) is 5.73 Å². The highest BCUT2D eigenvalue weighted by Crippen LogP contribution is 2.31. The van der Waals surface area contributed by atoms with Crippen molar-refractivity contribution in [3.63, 3.8) is 0 Å². The van der Waals surface area contributed by atoms with Crippen molar-refractivity contribution < 1.29 is 0 Å². The quantitative estimate of drug-likeness (QED) is 0.613. The van der Waals surface area contributed by atoms with Crippen molar-refractivity contribution in [2.75, 3.05) is 0 Å². The number of benzene rings is 1. The van der Waals surface area contributed by atoms with Gasteiger partial charge < -0.3 is 5.73 Å². The maximum absolute atomic E-state index is 5.94. The first kappa shape index (κ1) is 9.33. The van der Waals surface area contributed by atoms with Gasteiger partial charge >= 0.3 is 0 Å². The molecule has 1 aliphatic rings. The number of fused-ring (bicyclic) bond motifs is 1. The third kappa shape index (κ3) is 1.65. The van der Waals surface area contributed by atoms with Crippen LogP contribution in [0.15, 0.2) is 41.7 Å². The molecule has 16 heavy (non-hydrogen) atoms. The van der Waals surface area contributed by atoms with Crippen molar-refractivity contribution >= 4 is 22.3 Å². The molecule has 80 valence electrons. The Labute approximate surface area is 94.0 Å². The second-order valence-corrected chi connectivity index (χ2v) is 4.18. The van der Waals surface area contributed by atoms with E-state index in [0.29, 0.717) is 5.92 Å². The summed E-state index contributed by atoms with van der Waals surface area (Å²) >= 11 is 0. The zero-order valence-electron chi connectivity index (χ0n) is 8.93. The Morgan fingerprint density at radius 3 is 3.00 bits per heavy atom. The van der Waals surface area contributed by atoms with Gasteiger partial charge in [0.05, 0.1) is 5.69 Å². The molecule has 3 nitrogen and oxygen atoms in total. The van der Waals surface area contributed by atoms with Crippen LogP contribution in [-0.2, 0) is 0 Å². The van der Waals surface area contributed by atoms with Crippen LogP contribution in [0.2, 0.25) is 0 Å². The summed E-state index contributed by atoms with van der Waals surface area (Å²) in [5.74, 6) is 1.28. The number of nitrogens with zero attached hydrogens (tertiary/aromatic N) is 2. The first-order chi connectivity index (χ1) is 7.84. The SMILES string of the molecule is NC(=Nc1cccc2cnccc12)C1CC1. The van der Waals surface area contributed by atoms with Crippen LogP contribution in [0, 0.1) is 5.92 Å². The summed E-state index contributed by atoms with van der Waals surface area (Å²) in [5.41, 5.74) is 6.88. The minimum atomic E-state index is 0.511. The van der Waals surface area contributed by atoms with Crippen LogP contribution in [0.25, 0.3) is 10.8 Å². The van der Waals surface area contributed by atoms with Crippen LogP contribution < -0.4 is 5.73 Å². The first-order valence-electron chi connectivity index (χ1n) is 5.51. The van der Waals surface area contributed by atoms with Gasteiger partial charge in [-0.3, -0.25) is 4.98 Å². The molecule has 0 saturated heterocycles. The molecule has 0 aliphatic heterocycles. The lowest BCUT2D eigenvalue weighted by Gasteiger charge is -2.02. The van der Waals surface area contributed by atoms with Crippen LogP contribution in [0.4, 0.5) is 5.69 Å². The average molecular weight is 211 g/mol. The molecule has 0 amide bonds. The van der Waals surface area contributed by atoms with Gasteiger partial charge in [-0.05, 0) is 25.0 Å². The standard InChI is InChI=1S/C13H13N3/c14-13(9-4-5-9)16-12-3-1-2-10-8-15-7-6-11(10)12/h1-3,6-9H,4-5H2,(H2,14,16). The summed E-state index contributed by atoms with van der Waals surface area (Å²) in [6.07, 6.45) is 6.00. The van der Waals surface area contributed by atoms with Gasteiger partial charge in [-0.15, -0.1) is 0 Å². The molecule has 2 aromatic rings. The van der Waals surface area contributed by atoms with Crippen molar-refractivity contribution in [3.05, 3.63) is 36.7 Å². The van der Waals surface area contributed by atoms with Crippen molar-refractivity contribution in [1.29, 1.82) is 0 Å². The number of rotatable bonds is 2. The molecular formula is C13H13N3. The predicted octanol–water partition coefficient (Wildman–Crippen LogP) is 2.63. The molecule has 1 heterocycles. The number of hydrogen-bond acceptors (Lipinski definition) is 2. The zero-order valence-corrected chi connectivity index (χ0v) is 8.93. The lowest BCUT2D eigenvalue weighted by Crippen LogP contribution is -2.13. The summed E-state index contributed by atoms with van der Waals surface area (Å²) in [6, 6.07) is 8.00. The third-order valence-electron chi connectivity index (χ3n) is 2.90. The molecule has 0 atom stereocenters. The molecule has 1 aromatic heterocycles. The van der Waals surface area contributed by atoms with E-state index in [1.165, 1.54) is 12.8 Å². The molecule has 0 bridgehead atoms. The molecule has 2 N–H and O–H groups in total. The Balaban J connectivity index is 2.12. The van der Waals surface area contributed by atoms with Crippen LogP contribution >= 0.6 is 0 Å². The maximum atomic E-state index is 5.94. The normalized spacial score (nSPS) is 16.6. The fourth-order valence-electron chi connectivity index (χ4n) is 1.81. The molecule has 3 rings (SSSR count). The van der Waals surface area contributed by atoms with Crippen LogP contribution in [0.1, 0.15) is 12.8 Å². The first-order valence-corrected chi connectivity index (χ1v) is 5.51. The number of aromatic nitrogens is 1. The molecular weight excluding hydrogens is 198 g/mol. The summed E-state index contributed by atoms with van der Waals surface area (Å²) in [7, 11) is 0. The minimum absolute atomic E-state index is 0.511. The van der Waals surface area contributed by atoms with Crippen LogP contribution in [0.3, 0.4) is 0 Å². The smallest absolute Gasteiger partial charge is 0.103 e. The lowest BCUT2D eigenvalue weighted by molar-refractivity contribution is 1.16. The summed E-state index contributed by atoms with van der Waals surface area (Å²) in [5, 5.41) is 2.22. The highest BCUT2D eigenvalue weighted by molar-refractivity contribution is 5.96. The molecule has 1 saturated carbocycles. The monoisotopic (exact) mass is 211 g/mol. The number of hydrogen-bond donors (Lipinski definition) is 1. The highest BCUT2D eigenvalue weighted by atomic mass is 14.9. The van der Waals surface area contributed by atoms with Crippen LogP contribution in [0.5, 0.6) is 0 Å². The second-order valence-electron chi connectivity index (χ2n) is 4.18. The molecule has 0 unspecified atom stereocenters. The summed E-state index contributed by atoms with van der Waals surface area (Å²) in [4.78, 5) is 8.62. The average Bonchev–Trinajstić information content (AvgIpc) is 3.13. The van der Waals surface area contributed by atoms with Gasteiger partial charge in [0.15, 0.2) is 0 Å². The van der Waals surface area contributed by atoms with E-state index in [1.54, 1.807) is 6.20 Å². The Bertz CT molecular complexity index is 551. The number of nitrogens with two attached hydrogens (primary N) is 1. The molecule has 1 fully saturated rings. The van der Waals surface area contributed by atoms with Crippen molar-refractivity contribution in [2.45, 2.75) is 12.8 Å². The van der Waals surface area contributed by atoms with Crippen molar-refractivity contribution in [1.82, 2.24) is 4.98 Å². The third-order valence-corrected chi connectivity index (χ3v) is 2.90. The van der Waals surface area contributed by atoms with E-state index in [2.05, 4.69) is 9.98 Å². The van der Waals surface area contributed by atoms with Gasteiger partial charge in [-0.2, -0.15) is 0 Å². The van der Waals surface area contributed by atoms with Gasteiger partial charge in [0.2, 0.25) is 0 Å². The van der Waals surface area contributed by atoms with Gasteiger partial charge in [-0.25, -0.2) is 4.99 Å². The Morgan fingerprint density at radius 1 is 1.31 bits per heavy atom. The molecule has 1 aromatic carbocycles. The molecule has 1 aliphatic carbocycles. The number of pyridine rings is 1. The van der Waals surface area contributed by atoms with Crippen molar-refractivity contribution in [3.8, 4) is 0 Å². The van der Waals surface area contributed by atoms with Crippen molar-refractivity contribution in [2.24, 2.45) is 16.6 Å². The van der Waals surface area contributed by atoms with E-state index in [1.807, 2.05) is 30.5 Å². The van der Waals surface area contributed by atoms with E-state index < -0.39 is 0 Å². The van der Waals surface area contributed by atoms with Gasteiger partial charge in [0.1, 0.15) is 5.84 Å². The number of aliphatic imine (C=N–C) groups is 1. The Hall–Kier alpha value is -1.90. The fourth-order valence-corrected chi connectivity index (χ4v) is 1.81. The summed E-state index contributed by atoms with van der Waals surface area (Å²) in [6.45, 7) is 0.